The third-order valence-electron chi connectivity index (χ3n) is 4.76. The maximum atomic E-state index is 12.8. The number of Topliss-reactive ketones (excluding diaryl/α,β-unsaturated/α-hetero) is 1. The lowest BCUT2D eigenvalue weighted by Crippen LogP contribution is -2.30. The smallest absolute Gasteiger partial charge is 0.145 e. The zero-order chi connectivity index (χ0) is 13.4. The summed E-state index contributed by atoms with van der Waals surface area (Å²) in [5.41, 5.74) is 2.36. The van der Waals surface area contributed by atoms with Gasteiger partial charge in [0.25, 0.3) is 0 Å². The molecule has 0 bridgehead atoms. The molecule has 1 saturated carbocycles. The van der Waals surface area contributed by atoms with Gasteiger partial charge in [-0.3, -0.25) is 4.79 Å². The van der Waals surface area contributed by atoms with Crippen molar-refractivity contribution in [2.24, 2.45) is 17.8 Å². The van der Waals surface area contributed by atoms with E-state index in [1.54, 1.807) is 0 Å². The van der Waals surface area contributed by atoms with E-state index in [1.165, 1.54) is 12.0 Å². The minimum absolute atomic E-state index is 0.0821. The Morgan fingerprint density at radius 1 is 1.11 bits per heavy atom. The van der Waals surface area contributed by atoms with Crippen LogP contribution in [0.4, 0.5) is 5.69 Å². The molecule has 1 aliphatic carbocycles. The first-order chi connectivity index (χ1) is 9.15. The molecule has 1 N–H and O–H groups in total. The maximum absolute atomic E-state index is 12.8. The third kappa shape index (κ3) is 2.41. The Bertz CT molecular complexity index is 472. The van der Waals surface area contributed by atoms with E-state index in [0.29, 0.717) is 17.6 Å². The van der Waals surface area contributed by atoms with Crippen LogP contribution in [-0.2, 0) is 4.79 Å². The number of hydrogen-bond donors (Lipinski definition) is 1. The van der Waals surface area contributed by atoms with Crippen molar-refractivity contribution in [2.45, 2.75) is 39.0 Å². The van der Waals surface area contributed by atoms with Crippen molar-refractivity contribution in [1.82, 2.24) is 0 Å². The van der Waals surface area contributed by atoms with E-state index in [4.69, 9.17) is 0 Å². The van der Waals surface area contributed by atoms with E-state index in [0.717, 1.165) is 25.1 Å². The van der Waals surface area contributed by atoms with Gasteiger partial charge < -0.3 is 5.32 Å². The summed E-state index contributed by atoms with van der Waals surface area (Å²) >= 11 is 0. The number of fused-ring (bicyclic) bond motifs is 1. The van der Waals surface area contributed by atoms with Crippen molar-refractivity contribution >= 4 is 11.5 Å². The number of ketones is 1. The summed E-state index contributed by atoms with van der Waals surface area (Å²) in [7, 11) is 0. The van der Waals surface area contributed by atoms with Gasteiger partial charge in [-0.2, -0.15) is 0 Å². The van der Waals surface area contributed by atoms with E-state index in [2.05, 4.69) is 31.3 Å². The Kier molecular flexibility index (Phi) is 3.34. The average molecular weight is 257 g/mol. The molecular formula is C17H23NO. The predicted octanol–water partition coefficient (Wildman–Crippen LogP) is 3.84. The van der Waals surface area contributed by atoms with Crippen LogP contribution < -0.4 is 5.32 Å². The molecule has 2 aliphatic rings. The summed E-state index contributed by atoms with van der Waals surface area (Å²) in [5.74, 6) is 2.22. The molecule has 0 radical (unpaired) electrons. The first-order valence-electron chi connectivity index (χ1n) is 7.51. The molecule has 19 heavy (non-hydrogen) atoms. The lowest BCUT2D eigenvalue weighted by atomic mass is 9.72. The molecule has 0 spiro atoms. The standard InChI is InChI=1S/C17H23NO/c1-11-7-12(2)9-13(8-11)17(19)15-10-18-16-6-4-3-5-14(15)16/h3-6,11-13,15,18H,7-10H2,1-2H3. The zero-order valence-corrected chi connectivity index (χ0v) is 11.9. The third-order valence-corrected chi connectivity index (χ3v) is 4.76. The van der Waals surface area contributed by atoms with Crippen LogP contribution in [0.2, 0.25) is 0 Å². The molecule has 102 valence electrons. The number of para-hydroxylation sites is 1. The average Bonchev–Trinajstić information content (AvgIpc) is 2.80. The van der Waals surface area contributed by atoms with E-state index in [-0.39, 0.29) is 11.8 Å². The molecule has 1 aromatic carbocycles. The fourth-order valence-corrected chi connectivity index (χ4v) is 4.00. The number of carbonyl (C=O) groups excluding carboxylic acids is 1. The summed E-state index contributed by atoms with van der Waals surface area (Å²) in [5, 5.41) is 3.37. The Labute approximate surface area is 115 Å². The SMILES string of the molecule is CC1CC(C)CC(C(=O)C2CNc3ccccc32)C1. The predicted molar refractivity (Wildman–Crippen MR) is 78.3 cm³/mol. The van der Waals surface area contributed by atoms with Gasteiger partial charge in [-0.25, -0.2) is 0 Å². The summed E-state index contributed by atoms with van der Waals surface area (Å²) in [6.45, 7) is 5.37. The Morgan fingerprint density at radius 3 is 2.53 bits per heavy atom. The van der Waals surface area contributed by atoms with Gasteiger partial charge in [0.2, 0.25) is 0 Å². The van der Waals surface area contributed by atoms with Crippen molar-refractivity contribution in [3.63, 3.8) is 0 Å². The highest BCUT2D eigenvalue weighted by Crippen LogP contribution is 2.39. The summed E-state index contributed by atoms with van der Waals surface area (Å²) in [4.78, 5) is 12.8. The van der Waals surface area contributed by atoms with Gasteiger partial charge in [0.15, 0.2) is 0 Å². The van der Waals surface area contributed by atoms with E-state index >= 15 is 0 Å². The molecule has 3 rings (SSSR count). The number of anilines is 1. The number of carbonyl (C=O) groups is 1. The lowest BCUT2D eigenvalue weighted by Gasteiger charge is -2.31. The molecule has 1 aliphatic heterocycles. The summed E-state index contributed by atoms with van der Waals surface area (Å²) in [6.07, 6.45) is 3.45. The van der Waals surface area contributed by atoms with E-state index < -0.39 is 0 Å². The first-order valence-corrected chi connectivity index (χ1v) is 7.51. The molecule has 1 aromatic rings. The molecule has 0 amide bonds. The topological polar surface area (TPSA) is 29.1 Å². The fourth-order valence-electron chi connectivity index (χ4n) is 4.00. The summed E-state index contributed by atoms with van der Waals surface area (Å²) < 4.78 is 0. The van der Waals surface area contributed by atoms with Crippen molar-refractivity contribution in [2.75, 3.05) is 11.9 Å². The maximum Gasteiger partial charge on any atom is 0.145 e. The Balaban J connectivity index is 1.78. The molecule has 2 heteroatoms. The highest BCUT2D eigenvalue weighted by molar-refractivity contribution is 5.91. The van der Waals surface area contributed by atoms with Gasteiger partial charge in [-0.15, -0.1) is 0 Å². The van der Waals surface area contributed by atoms with Gasteiger partial charge in [-0.1, -0.05) is 32.0 Å². The zero-order valence-electron chi connectivity index (χ0n) is 11.9. The largest absolute Gasteiger partial charge is 0.384 e. The van der Waals surface area contributed by atoms with Crippen LogP contribution in [0.3, 0.4) is 0 Å². The highest BCUT2D eigenvalue weighted by atomic mass is 16.1. The van der Waals surface area contributed by atoms with E-state index in [1.807, 2.05) is 12.1 Å². The second-order valence-electron chi connectivity index (χ2n) is 6.54. The first kappa shape index (κ1) is 12.7. The van der Waals surface area contributed by atoms with Crippen LogP contribution in [0.15, 0.2) is 24.3 Å². The minimum atomic E-state index is 0.0821. The minimum Gasteiger partial charge on any atom is -0.384 e. The van der Waals surface area contributed by atoms with Crippen molar-refractivity contribution in [3.8, 4) is 0 Å². The van der Waals surface area contributed by atoms with Gasteiger partial charge in [-0.05, 0) is 42.7 Å². The normalized spacial score (nSPS) is 33.6. The van der Waals surface area contributed by atoms with Crippen LogP contribution in [0.1, 0.15) is 44.6 Å². The molecule has 1 heterocycles. The van der Waals surface area contributed by atoms with Crippen LogP contribution in [0, 0.1) is 17.8 Å². The Hall–Kier alpha value is -1.31. The fraction of sp³-hybridized carbons (Fsp3) is 0.588. The van der Waals surface area contributed by atoms with E-state index in [9.17, 15) is 4.79 Å². The van der Waals surface area contributed by atoms with Crippen LogP contribution in [0.25, 0.3) is 0 Å². The number of hydrogen-bond acceptors (Lipinski definition) is 2. The van der Waals surface area contributed by atoms with Crippen molar-refractivity contribution in [3.05, 3.63) is 29.8 Å². The van der Waals surface area contributed by atoms with Gasteiger partial charge >= 0.3 is 0 Å². The number of nitrogens with one attached hydrogen (secondary N) is 1. The molecular weight excluding hydrogens is 234 g/mol. The highest BCUT2D eigenvalue weighted by Gasteiger charge is 2.36. The molecule has 0 aromatic heterocycles. The van der Waals surface area contributed by atoms with Gasteiger partial charge in [0.05, 0.1) is 5.92 Å². The molecule has 3 unspecified atom stereocenters. The van der Waals surface area contributed by atoms with Crippen LogP contribution in [0.5, 0.6) is 0 Å². The Morgan fingerprint density at radius 2 is 1.79 bits per heavy atom. The van der Waals surface area contributed by atoms with Crippen LogP contribution >= 0.6 is 0 Å². The summed E-state index contributed by atoms with van der Waals surface area (Å²) in [6, 6.07) is 8.25. The quantitative estimate of drug-likeness (QED) is 0.872. The molecule has 3 atom stereocenters. The second kappa shape index (κ2) is 4.99. The van der Waals surface area contributed by atoms with Crippen LogP contribution in [-0.4, -0.2) is 12.3 Å². The van der Waals surface area contributed by atoms with Crippen molar-refractivity contribution in [1.29, 1.82) is 0 Å². The second-order valence-corrected chi connectivity index (χ2v) is 6.54. The molecule has 2 nitrogen and oxygen atoms in total. The van der Waals surface area contributed by atoms with Crippen molar-refractivity contribution < 1.29 is 4.79 Å². The monoisotopic (exact) mass is 257 g/mol. The van der Waals surface area contributed by atoms with Gasteiger partial charge in [0, 0.05) is 18.2 Å². The number of rotatable bonds is 2. The lowest BCUT2D eigenvalue weighted by molar-refractivity contribution is -0.125. The molecule has 0 saturated heterocycles. The molecule has 1 fully saturated rings. The number of benzene rings is 1. The van der Waals surface area contributed by atoms with Gasteiger partial charge in [0.1, 0.15) is 5.78 Å².